The standard InChI is InChI=1S/C11H9FNO/c1-7-11(13-8(2)14-7)9-5-3-4-6-10(9)12/h3-6H,1H2,2H3. The van der Waals surface area contributed by atoms with Crippen LogP contribution in [0.1, 0.15) is 11.7 Å². The SMILES string of the molecule is [CH2]c1oc(C)nc1-c1ccccc1F. The van der Waals surface area contributed by atoms with Crippen LogP contribution in [0.25, 0.3) is 11.3 Å². The van der Waals surface area contributed by atoms with Gasteiger partial charge < -0.3 is 4.42 Å². The van der Waals surface area contributed by atoms with E-state index in [1.54, 1.807) is 25.1 Å². The van der Waals surface area contributed by atoms with Gasteiger partial charge in [0, 0.05) is 19.4 Å². The van der Waals surface area contributed by atoms with Gasteiger partial charge in [0.05, 0.1) is 0 Å². The summed E-state index contributed by atoms with van der Waals surface area (Å²) >= 11 is 0. The van der Waals surface area contributed by atoms with Crippen LogP contribution >= 0.6 is 0 Å². The summed E-state index contributed by atoms with van der Waals surface area (Å²) in [6, 6.07) is 6.43. The van der Waals surface area contributed by atoms with Crippen molar-refractivity contribution < 1.29 is 8.81 Å². The van der Waals surface area contributed by atoms with Crippen molar-refractivity contribution in [2.75, 3.05) is 0 Å². The maximum absolute atomic E-state index is 13.4. The lowest BCUT2D eigenvalue weighted by Crippen LogP contribution is -1.85. The first-order chi connectivity index (χ1) is 6.68. The maximum Gasteiger partial charge on any atom is 0.191 e. The van der Waals surface area contributed by atoms with E-state index in [2.05, 4.69) is 11.9 Å². The number of nitrogens with zero attached hydrogens (tertiary/aromatic N) is 1. The van der Waals surface area contributed by atoms with Crippen LogP contribution in [0, 0.1) is 19.7 Å². The quantitative estimate of drug-likeness (QED) is 0.690. The van der Waals surface area contributed by atoms with Gasteiger partial charge in [-0.15, -0.1) is 0 Å². The first-order valence-corrected chi connectivity index (χ1v) is 4.23. The largest absolute Gasteiger partial charge is 0.445 e. The molecule has 1 radical (unpaired) electrons. The lowest BCUT2D eigenvalue weighted by atomic mass is 10.1. The average Bonchev–Trinajstić information content (AvgIpc) is 2.46. The number of hydrogen-bond acceptors (Lipinski definition) is 2. The van der Waals surface area contributed by atoms with Crippen molar-refractivity contribution in [3.63, 3.8) is 0 Å². The fraction of sp³-hybridized carbons (Fsp3) is 0.0909. The van der Waals surface area contributed by atoms with E-state index >= 15 is 0 Å². The monoisotopic (exact) mass is 190 g/mol. The molecule has 2 nitrogen and oxygen atoms in total. The molecular weight excluding hydrogens is 181 g/mol. The fourth-order valence-electron chi connectivity index (χ4n) is 1.33. The number of aryl methyl sites for hydroxylation is 1. The zero-order valence-corrected chi connectivity index (χ0v) is 7.75. The smallest absolute Gasteiger partial charge is 0.191 e. The molecule has 0 amide bonds. The Labute approximate surface area is 81.4 Å². The third-order valence-corrected chi connectivity index (χ3v) is 1.93. The topological polar surface area (TPSA) is 26.0 Å². The van der Waals surface area contributed by atoms with E-state index in [4.69, 9.17) is 4.42 Å². The lowest BCUT2D eigenvalue weighted by Gasteiger charge is -1.98. The van der Waals surface area contributed by atoms with Gasteiger partial charge in [-0.3, -0.25) is 0 Å². The van der Waals surface area contributed by atoms with E-state index in [9.17, 15) is 4.39 Å². The summed E-state index contributed by atoms with van der Waals surface area (Å²) in [6.07, 6.45) is 0. The van der Waals surface area contributed by atoms with Gasteiger partial charge in [0.2, 0.25) is 0 Å². The Morgan fingerprint density at radius 1 is 1.36 bits per heavy atom. The summed E-state index contributed by atoms with van der Waals surface area (Å²) in [6.45, 7) is 5.37. The van der Waals surface area contributed by atoms with E-state index < -0.39 is 0 Å². The van der Waals surface area contributed by atoms with Gasteiger partial charge in [0.25, 0.3) is 0 Å². The van der Waals surface area contributed by atoms with Gasteiger partial charge in [-0.25, -0.2) is 9.37 Å². The molecule has 2 aromatic rings. The molecule has 0 atom stereocenters. The van der Waals surface area contributed by atoms with Crippen LogP contribution in [0.3, 0.4) is 0 Å². The Kier molecular flexibility index (Phi) is 2.08. The van der Waals surface area contributed by atoms with E-state index in [-0.39, 0.29) is 5.82 Å². The van der Waals surface area contributed by atoms with E-state index in [0.717, 1.165) is 0 Å². The number of aromatic nitrogens is 1. The van der Waals surface area contributed by atoms with E-state index in [0.29, 0.717) is 22.9 Å². The lowest BCUT2D eigenvalue weighted by molar-refractivity contribution is 0.506. The van der Waals surface area contributed by atoms with Crippen molar-refractivity contribution in [1.82, 2.24) is 4.98 Å². The Hall–Kier alpha value is -1.64. The third kappa shape index (κ3) is 1.41. The second-order valence-corrected chi connectivity index (χ2v) is 2.98. The van der Waals surface area contributed by atoms with Gasteiger partial charge in [-0.1, -0.05) is 12.1 Å². The molecule has 0 aliphatic carbocycles. The van der Waals surface area contributed by atoms with Crippen LogP contribution in [0.4, 0.5) is 4.39 Å². The van der Waals surface area contributed by atoms with Gasteiger partial charge in [-0.2, -0.15) is 0 Å². The van der Waals surface area contributed by atoms with Gasteiger partial charge in [-0.05, 0) is 12.1 Å². The van der Waals surface area contributed by atoms with Crippen LogP contribution in [0.5, 0.6) is 0 Å². The molecule has 3 heteroatoms. The third-order valence-electron chi connectivity index (χ3n) is 1.93. The summed E-state index contributed by atoms with van der Waals surface area (Å²) in [5.74, 6) is 0.576. The minimum Gasteiger partial charge on any atom is -0.445 e. The fourth-order valence-corrected chi connectivity index (χ4v) is 1.33. The van der Waals surface area contributed by atoms with Gasteiger partial charge in [0.15, 0.2) is 5.89 Å². The summed E-state index contributed by atoms with van der Waals surface area (Å²) in [4.78, 5) is 4.07. The van der Waals surface area contributed by atoms with Gasteiger partial charge >= 0.3 is 0 Å². The van der Waals surface area contributed by atoms with Crippen molar-refractivity contribution in [2.45, 2.75) is 6.92 Å². The highest BCUT2D eigenvalue weighted by atomic mass is 19.1. The Bertz CT molecular complexity index is 462. The highest BCUT2D eigenvalue weighted by Crippen LogP contribution is 2.25. The molecule has 14 heavy (non-hydrogen) atoms. The van der Waals surface area contributed by atoms with Crippen molar-refractivity contribution in [3.05, 3.63) is 48.7 Å². The Morgan fingerprint density at radius 2 is 2.07 bits per heavy atom. The highest BCUT2D eigenvalue weighted by Gasteiger charge is 2.12. The zero-order valence-electron chi connectivity index (χ0n) is 7.75. The molecule has 0 fully saturated rings. The van der Waals surface area contributed by atoms with Crippen LogP contribution in [-0.2, 0) is 0 Å². The molecule has 0 saturated carbocycles. The predicted molar refractivity (Wildman–Crippen MR) is 51.1 cm³/mol. The van der Waals surface area contributed by atoms with Gasteiger partial charge in [0.1, 0.15) is 17.3 Å². The minimum atomic E-state index is -0.314. The molecule has 0 aliphatic heterocycles. The number of oxazole rings is 1. The van der Waals surface area contributed by atoms with E-state index in [1.165, 1.54) is 6.07 Å². The van der Waals surface area contributed by atoms with Crippen molar-refractivity contribution in [1.29, 1.82) is 0 Å². The molecule has 1 aromatic carbocycles. The zero-order chi connectivity index (χ0) is 10.1. The highest BCUT2D eigenvalue weighted by molar-refractivity contribution is 5.62. The van der Waals surface area contributed by atoms with Crippen molar-refractivity contribution in [2.24, 2.45) is 0 Å². The molecule has 0 spiro atoms. The summed E-state index contributed by atoms with van der Waals surface area (Å²) in [5, 5.41) is 0. The second-order valence-electron chi connectivity index (χ2n) is 2.98. The molecule has 1 aromatic heterocycles. The number of hydrogen-bond donors (Lipinski definition) is 0. The predicted octanol–water partition coefficient (Wildman–Crippen LogP) is 2.97. The minimum absolute atomic E-state index is 0.314. The van der Waals surface area contributed by atoms with Crippen LogP contribution in [0.2, 0.25) is 0 Å². The average molecular weight is 190 g/mol. The number of benzene rings is 1. The molecular formula is C11H9FNO. The second kappa shape index (κ2) is 3.25. The molecule has 0 aliphatic rings. The normalized spacial score (nSPS) is 10.5. The first-order valence-electron chi connectivity index (χ1n) is 4.23. The molecule has 0 bridgehead atoms. The van der Waals surface area contributed by atoms with Crippen LogP contribution in [0.15, 0.2) is 28.7 Å². The van der Waals surface area contributed by atoms with E-state index in [1.807, 2.05) is 0 Å². The first kappa shape index (κ1) is 8.94. The molecule has 0 saturated heterocycles. The number of rotatable bonds is 1. The summed E-state index contributed by atoms with van der Waals surface area (Å²) in [5.41, 5.74) is 0.898. The molecule has 0 unspecified atom stereocenters. The Morgan fingerprint density at radius 3 is 2.64 bits per heavy atom. The van der Waals surface area contributed by atoms with Crippen molar-refractivity contribution in [3.8, 4) is 11.3 Å². The molecule has 71 valence electrons. The Balaban J connectivity index is 2.60. The molecule has 0 N–H and O–H groups in total. The van der Waals surface area contributed by atoms with Crippen LogP contribution < -0.4 is 0 Å². The summed E-state index contributed by atoms with van der Waals surface area (Å²) < 4.78 is 18.5. The molecule has 2 rings (SSSR count). The van der Waals surface area contributed by atoms with Crippen molar-refractivity contribution >= 4 is 0 Å². The summed E-state index contributed by atoms with van der Waals surface area (Å²) in [7, 11) is 0. The van der Waals surface area contributed by atoms with Crippen LogP contribution in [-0.4, -0.2) is 4.98 Å². The molecule has 1 heterocycles. The number of halogens is 1. The maximum atomic E-state index is 13.4.